The molecule has 0 fully saturated rings. The summed E-state index contributed by atoms with van der Waals surface area (Å²) in [6, 6.07) is 11.1. The third kappa shape index (κ3) is 5.99. The second-order valence-electron chi connectivity index (χ2n) is 5.84. The maximum atomic E-state index is 12.1. The first-order valence-electron chi connectivity index (χ1n) is 8.38. The van der Waals surface area contributed by atoms with E-state index in [2.05, 4.69) is 5.32 Å². The lowest BCUT2D eigenvalue weighted by Crippen LogP contribution is -2.31. The molecule has 0 aromatic heterocycles. The van der Waals surface area contributed by atoms with E-state index in [-0.39, 0.29) is 11.5 Å². The van der Waals surface area contributed by atoms with Crippen molar-refractivity contribution in [3.63, 3.8) is 0 Å². The van der Waals surface area contributed by atoms with Crippen LogP contribution in [-0.2, 0) is 14.3 Å². The second kappa shape index (κ2) is 9.75. The molecule has 7 nitrogen and oxygen atoms in total. The van der Waals surface area contributed by atoms with Gasteiger partial charge in [0.2, 0.25) is 0 Å². The van der Waals surface area contributed by atoms with E-state index >= 15 is 0 Å². The Labute approximate surface area is 167 Å². The van der Waals surface area contributed by atoms with Crippen LogP contribution in [0.4, 0.5) is 5.69 Å². The highest BCUT2D eigenvalue weighted by Gasteiger charge is 2.19. The largest absolute Gasteiger partial charge is 0.493 e. The number of methoxy groups -OCH3 is 1. The number of carbonyl (C=O) groups is 3. The molecule has 0 saturated carbocycles. The normalized spacial score (nSPS) is 11.3. The first kappa shape index (κ1) is 21.2. The molecule has 0 bridgehead atoms. The van der Waals surface area contributed by atoms with Gasteiger partial charge in [0.25, 0.3) is 5.91 Å². The summed E-state index contributed by atoms with van der Waals surface area (Å²) in [6.07, 6.45) is -1.02. The third-order valence-electron chi connectivity index (χ3n) is 3.70. The SMILES string of the molecule is COc1cc(C(C)=O)ccc1OCC(=O)O[C@H](C)C(=O)Nc1ccc(Cl)cc1. The summed E-state index contributed by atoms with van der Waals surface area (Å²) in [5.41, 5.74) is 0.989. The van der Waals surface area contributed by atoms with Gasteiger partial charge in [-0.2, -0.15) is 0 Å². The summed E-state index contributed by atoms with van der Waals surface area (Å²) in [4.78, 5) is 35.5. The van der Waals surface area contributed by atoms with E-state index in [1.165, 1.54) is 33.1 Å². The smallest absolute Gasteiger partial charge is 0.344 e. The number of ketones is 1. The van der Waals surface area contributed by atoms with Gasteiger partial charge in [-0.15, -0.1) is 0 Å². The molecule has 0 unspecified atom stereocenters. The Morgan fingerprint density at radius 1 is 1.07 bits per heavy atom. The molecular weight excluding hydrogens is 386 g/mol. The molecule has 0 aliphatic carbocycles. The fraction of sp³-hybridized carbons (Fsp3) is 0.250. The zero-order valence-electron chi connectivity index (χ0n) is 15.7. The predicted octanol–water partition coefficient (Wildman–Crippen LogP) is 3.50. The van der Waals surface area contributed by atoms with E-state index in [9.17, 15) is 14.4 Å². The molecule has 2 aromatic rings. The zero-order chi connectivity index (χ0) is 20.7. The lowest BCUT2D eigenvalue weighted by atomic mass is 10.1. The number of rotatable bonds is 8. The average molecular weight is 406 g/mol. The molecule has 2 rings (SSSR count). The molecule has 148 valence electrons. The van der Waals surface area contributed by atoms with Crippen LogP contribution >= 0.6 is 11.6 Å². The highest BCUT2D eigenvalue weighted by Crippen LogP contribution is 2.28. The van der Waals surface area contributed by atoms with Gasteiger partial charge >= 0.3 is 5.97 Å². The van der Waals surface area contributed by atoms with Gasteiger partial charge in [-0.1, -0.05) is 11.6 Å². The summed E-state index contributed by atoms with van der Waals surface area (Å²) < 4.78 is 15.6. The lowest BCUT2D eigenvalue weighted by Gasteiger charge is -2.15. The minimum atomic E-state index is -1.02. The fourth-order valence-electron chi connectivity index (χ4n) is 2.20. The van der Waals surface area contributed by atoms with Gasteiger partial charge in [-0.05, 0) is 56.3 Å². The molecule has 0 radical (unpaired) electrons. The minimum absolute atomic E-state index is 0.121. The summed E-state index contributed by atoms with van der Waals surface area (Å²) >= 11 is 5.79. The molecule has 1 atom stereocenters. The Morgan fingerprint density at radius 2 is 1.75 bits per heavy atom. The standard InChI is InChI=1S/C20H20ClNO6/c1-12(23)14-4-9-17(18(10-14)26-3)27-11-19(24)28-13(2)20(25)22-16-7-5-15(21)6-8-16/h4-10,13H,11H2,1-3H3,(H,22,25)/t13-/m1/s1. The highest BCUT2D eigenvalue weighted by atomic mass is 35.5. The molecule has 1 amide bonds. The fourth-order valence-corrected chi connectivity index (χ4v) is 2.33. The maximum Gasteiger partial charge on any atom is 0.344 e. The summed E-state index contributed by atoms with van der Waals surface area (Å²) in [5.74, 6) is -0.739. The zero-order valence-corrected chi connectivity index (χ0v) is 16.4. The quantitative estimate of drug-likeness (QED) is 0.534. The van der Waals surface area contributed by atoms with E-state index in [4.69, 9.17) is 25.8 Å². The van der Waals surface area contributed by atoms with Crippen LogP contribution in [0.1, 0.15) is 24.2 Å². The molecular formula is C20H20ClNO6. The van der Waals surface area contributed by atoms with Crippen molar-refractivity contribution in [1.29, 1.82) is 0 Å². The second-order valence-corrected chi connectivity index (χ2v) is 6.28. The number of hydrogen-bond donors (Lipinski definition) is 1. The first-order chi connectivity index (χ1) is 13.3. The van der Waals surface area contributed by atoms with Gasteiger partial charge in [-0.25, -0.2) is 4.79 Å². The van der Waals surface area contributed by atoms with Crippen LogP contribution in [0.3, 0.4) is 0 Å². The van der Waals surface area contributed by atoms with Crippen molar-refractivity contribution < 1.29 is 28.6 Å². The van der Waals surface area contributed by atoms with Crippen LogP contribution < -0.4 is 14.8 Å². The number of hydrogen-bond acceptors (Lipinski definition) is 6. The van der Waals surface area contributed by atoms with Crippen LogP contribution in [0.2, 0.25) is 5.02 Å². The van der Waals surface area contributed by atoms with Gasteiger partial charge in [0, 0.05) is 16.3 Å². The van der Waals surface area contributed by atoms with Crippen LogP contribution in [0.25, 0.3) is 0 Å². The van der Waals surface area contributed by atoms with Crippen LogP contribution in [0.5, 0.6) is 11.5 Å². The van der Waals surface area contributed by atoms with Gasteiger partial charge in [0.05, 0.1) is 7.11 Å². The van der Waals surface area contributed by atoms with E-state index in [1.54, 1.807) is 30.3 Å². The molecule has 0 spiro atoms. The van der Waals surface area contributed by atoms with Crippen molar-refractivity contribution in [3.8, 4) is 11.5 Å². The Bertz CT molecular complexity index is 865. The number of benzene rings is 2. The minimum Gasteiger partial charge on any atom is -0.493 e. The molecule has 1 N–H and O–H groups in total. The number of amides is 1. The molecule has 0 heterocycles. The third-order valence-corrected chi connectivity index (χ3v) is 3.96. The van der Waals surface area contributed by atoms with Crippen molar-refractivity contribution in [2.75, 3.05) is 19.0 Å². The number of nitrogens with one attached hydrogen (secondary N) is 1. The number of carbonyl (C=O) groups excluding carboxylic acids is 3. The average Bonchev–Trinajstić information content (AvgIpc) is 2.67. The van der Waals surface area contributed by atoms with Gasteiger partial charge < -0.3 is 19.5 Å². The molecule has 0 aliphatic heterocycles. The van der Waals surface area contributed by atoms with Gasteiger partial charge in [-0.3, -0.25) is 9.59 Å². The number of ether oxygens (including phenoxy) is 3. The molecule has 0 saturated heterocycles. The van der Waals surface area contributed by atoms with Crippen molar-refractivity contribution in [3.05, 3.63) is 53.1 Å². The Kier molecular flexibility index (Phi) is 7.40. The van der Waals surface area contributed by atoms with Crippen molar-refractivity contribution in [2.24, 2.45) is 0 Å². The summed E-state index contributed by atoms with van der Waals surface area (Å²) in [5, 5.41) is 3.16. The summed E-state index contributed by atoms with van der Waals surface area (Å²) in [7, 11) is 1.42. The molecule has 8 heteroatoms. The predicted molar refractivity (Wildman–Crippen MR) is 104 cm³/mol. The topological polar surface area (TPSA) is 90.9 Å². The number of Topliss-reactive ketones (excluding diaryl/α,β-unsaturated/α-hetero) is 1. The highest BCUT2D eigenvalue weighted by molar-refractivity contribution is 6.30. The number of anilines is 1. The van der Waals surface area contributed by atoms with Gasteiger partial charge in [0.15, 0.2) is 30.0 Å². The lowest BCUT2D eigenvalue weighted by molar-refractivity contribution is -0.155. The Morgan fingerprint density at radius 3 is 2.36 bits per heavy atom. The molecule has 2 aromatic carbocycles. The van der Waals surface area contributed by atoms with Crippen molar-refractivity contribution >= 4 is 34.9 Å². The Hall–Kier alpha value is -3.06. The van der Waals surface area contributed by atoms with Crippen molar-refractivity contribution in [1.82, 2.24) is 0 Å². The van der Waals surface area contributed by atoms with E-state index in [0.717, 1.165) is 0 Å². The van der Waals surface area contributed by atoms with Crippen LogP contribution in [-0.4, -0.2) is 37.5 Å². The summed E-state index contributed by atoms with van der Waals surface area (Å²) in [6.45, 7) is 2.46. The van der Waals surface area contributed by atoms with E-state index in [0.29, 0.717) is 22.0 Å². The van der Waals surface area contributed by atoms with E-state index in [1.807, 2.05) is 0 Å². The van der Waals surface area contributed by atoms with Crippen LogP contribution in [0.15, 0.2) is 42.5 Å². The number of esters is 1. The Balaban J connectivity index is 1.88. The monoisotopic (exact) mass is 405 g/mol. The molecule has 0 aliphatic rings. The van der Waals surface area contributed by atoms with Crippen LogP contribution in [0, 0.1) is 0 Å². The molecule has 28 heavy (non-hydrogen) atoms. The number of halogens is 1. The maximum absolute atomic E-state index is 12.1. The van der Waals surface area contributed by atoms with E-state index < -0.39 is 24.6 Å². The van der Waals surface area contributed by atoms with Gasteiger partial charge in [0.1, 0.15) is 0 Å². The van der Waals surface area contributed by atoms with Crippen molar-refractivity contribution in [2.45, 2.75) is 20.0 Å². The first-order valence-corrected chi connectivity index (χ1v) is 8.75.